The van der Waals surface area contributed by atoms with Crippen LogP contribution in [0.25, 0.3) is 11.0 Å². The third-order valence-electron chi connectivity index (χ3n) is 5.63. The van der Waals surface area contributed by atoms with Crippen molar-refractivity contribution in [2.24, 2.45) is 0 Å². The fourth-order valence-corrected chi connectivity index (χ4v) is 3.86. The van der Waals surface area contributed by atoms with E-state index in [1.807, 2.05) is 25.1 Å². The van der Waals surface area contributed by atoms with E-state index in [4.69, 9.17) is 9.72 Å². The molecule has 4 rings (SSSR count). The minimum absolute atomic E-state index is 0.0633. The SMILES string of the molecule is Cc1ccc(C)c(OCCn2c(CCCNC(=O)c3ccccc3F)nc3ccccc32)c1. The Morgan fingerprint density at radius 1 is 1.06 bits per heavy atom. The minimum atomic E-state index is -0.513. The lowest BCUT2D eigenvalue weighted by Crippen LogP contribution is -2.26. The van der Waals surface area contributed by atoms with Gasteiger partial charge < -0.3 is 14.6 Å². The van der Waals surface area contributed by atoms with Crippen LogP contribution in [-0.2, 0) is 13.0 Å². The zero-order valence-corrected chi connectivity index (χ0v) is 19.0. The van der Waals surface area contributed by atoms with E-state index in [1.54, 1.807) is 12.1 Å². The molecule has 1 heterocycles. The highest BCUT2D eigenvalue weighted by Crippen LogP contribution is 2.21. The van der Waals surface area contributed by atoms with Crippen molar-refractivity contribution in [3.05, 3.63) is 95.1 Å². The number of aryl methyl sites for hydroxylation is 3. The number of ether oxygens (including phenoxy) is 1. The second-order valence-corrected chi connectivity index (χ2v) is 8.13. The molecule has 4 aromatic rings. The molecule has 1 aromatic heterocycles. The first-order chi connectivity index (χ1) is 16.0. The number of amides is 1. The van der Waals surface area contributed by atoms with Crippen molar-refractivity contribution in [1.29, 1.82) is 0 Å². The predicted molar refractivity (Wildman–Crippen MR) is 128 cm³/mol. The van der Waals surface area contributed by atoms with Gasteiger partial charge in [0.15, 0.2) is 0 Å². The maximum Gasteiger partial charge on any atom is 0.254 e. The van der Waals surface area contributed by atoms with Crippen molar-refractivity contribution in [2.45, 2.75) is 33.2 Å². The smallest absolute Gasteiger partial charge is 0.254 e. The Morgan fingerprint density at radius 2 is 1.85 bits per heavy atom. The third kappa shape index (κ3) is 5.40. The van der Waals surface area contributed by atoms with Crippen molar-refractivity contribution < 1.29 is 13.9 Å². The lowest BCUT2D eigenvalue weighted by molar-refractivity contribution is 0.0949. The molecule has 0 saturated carbocycles. The highest BCUT2D eigenvalue weighted by Gasteiger charge is 2.13. The number of rotatable bonds is 9. The van der Waals surface area contributed by atoms with Crippen molar-refractivity contribution in [2.75, 3.05) is 13.2 Å². The summed E-state index contributed by atoms with van der Waals surface area (Å²) < 4.78 is 22.0. The number of carbonyl (C=O) groups excluding carboxylic acids is 1. The topological polar surface area (TPSA) is 56.1 Å². The van der Waals surface area contributed by atoms with Crippen LogP contribution in [0, 0.1) is 19.7 Å². The van der Waals surface area contributed by atoms with Gasteiger partial charge in [0, 0.05) is 13.0 Å². The second-order valence-electron chi connectivity index (χ2n) is 8.13. The zero-order valence-electron chi connectivity index (χ0n) is 19.0. The van der Waals surface area contributed by atoms with Crippen LogP contribution < -0.4 is 10.1 Å². The third-order valence-corrected chi connectivity index (χ3v) is 5.63. The molecule has 1 N–H and O–H groups in total. The molecule has 0 aliphatic rings. The number of benzene rings is 3. The first-order valence-corrected chi connectivity index (χ1v) is 11.2. The number of imidazole rings is 1. The summed E-state index contributed by atoms with van der Waals surface area (Å²) >= 11 is 0. The van der Waals surface area contributed by atoms with E-state index in [0.717, 1.165) is 28.2 Å². The summed E-state index contributed by atoms with van der Waals surface area (Å²) in [5.74, 6) is 0.932. The number of aromatic nitrogens is 2. The average Bonchev–Trinajstić information content (AvgIpc) is 3.16. The van der Waals surface area contributed by atoms with Crippen LogP contribution in [0.2, 0.25) is 0 Å². The predicted octanol–water partition coefficient (Wildman–Crippen LogP) is 5.23. The first-order valence-electron chi connectivity index (χ1n) is 11.2. The molecule has 3 aromatic carbocycles. The van der Waals surface area contributed by atoms with Crippen LogP contribution in [0.5, 0.6) is 5.75 Å². The maximum atomic E-state index is 13.8. The Bertz CT molecular complexity index is 1270. The normalized spacial score (nSPS) is 11.0. The molecule has 170 valence electrons. The molecule has 1 amide bonds. The molecule has 0 atom stereocenters. The van der Waals surface area contributed by atoms with Crippen LogP contribution in [0.4, 0.5) is 4.39 Å². The monoisotopic (exact) mass is 445 g/mol. The minimum Gasteiger partial charge on any atom is -0.491 e. The van der Waals surface area contributed by atoms with Crippen LogP contribution in [-0.4, -0.2) is 28.6 Å². The van der Waals surface area contributed by atoms with Crippen molar-refractivity contribution in [3.8, 4) is 5.75 Å². The number of fused-ring (bicyclic) bond motifs is 1. The summed E-state index contributed by atoms with van der Waals surface area (Å²) in [5, 5.41) is 2.80. The summed E-state index contributed by atoms with van der Waals surface area (Å²) in [6.07, 6.45) is 1.39. The Kier molecular flexibility index (Phi) is 7.03. The number of hydrogen-bond acceptors (Lipinski definition) is 3. The number of hydrogen-bond donors (Lipinski definition) is 1. The van der Waals surface area contributed by atoms with Gasteiger partial charge in [-0.3, -0.25) is 4.79 Å². The van der Waals surface area contributed by atoms with Gasteiger partial charge in [-0.2, -0.15) is 0 Å². The van der Waals surface area contributed by atoms with Crippen molar-refractivity contribution in [1.82, 2.24) is 14.9 Å². The van der Waals surface area contributed by atoms with Gasteiger partial charge in [0.25, 0.3) is 5.91 Å². The molecule has 0 radical (unpaired) electrons. The quantitative estimate of drug-likeness (QED) is 0.359. The fraction of sp³-hybridized carbons (Fsp3) is 0.259. The first kappa shape index (κ1) is 22.5. The largest absolute Gasteiger partial charge is 0.491 e. The van der Waals surface area contributed by atoms with Crippen LogP contribution >= 0.6 is 0 Å². The van der Waals surface area contributed by atoms with Crippen LogP contribution in [0.15, 0.2) is 66.7 Å². The van der Waals surface area contributed by atoms with Gasteiger partial charge >= 0.3 is 0 Å². The molecule has 33 heavy (non-hydrogen) atoms. The van der Waals surface area contributed by atoms with Crippen LogP contribution in [0.1, 0.15) is 33.7 Å². The molecule has 0 aliphatic carbocycles. The van der Waals surface area contributed by atoms with E-state index >= 15 is 0 Å². The van der Waals surface area contributed by atoms with E-state index in [2.05, 4.69) is 41.1 Å². The molecular weight excluding hydrogens is 417 g/mol. The van der Waals surface area contributed by atoms with E-state index in [1.165, 1.54) is 17.7 Å². The number of nitrogens with zero attached hydrogens (tertiary/aromatic N) is 2. The Balaban J connectivity index is 1.39. The fourth-order valence-electron chi connectivity index (χ4n) is 3.86. The molecular formula is C27H28FN3O2. The van der Waals surface area contributed by atoms with E-state index in [0.29, 0.717) is 32.5 Å². The summed E-state index contributed by atoms with van der Waals surface area (Å²) in [6, 6.07) is 20.2. The molecule has 5 nitrogen and oxygen atoms in total. The Morgan fingerprint density at radius 3 is 2.70 bits per heavy atom. The number of halogens is 1. The van der Waals surface area contributed by atoms with E-state index in [9.17, 15) is 9.18 Å². The van der Waals surface area contributed by atoms with Gasteiger partial charge in [0.1, 0.15) is 24.0 Å². The van der Waals surface area contributed by atoms with Crippen molar-refractivity contribution >= 4 is 16.9 Å². The lowest BCUT2D eigenvalue weighted by atomic mass is 10.1. The van der Waals surface area contributed by atoms with Gasteiger partial charge in [0.05, 0.1) is 23.1 Å². The Labute approximate surface area is 193 Å². The highest BCUT2D eigenvalue weighted by atomic mass is 19.1. The molecule has 0 spiro atoms. The van der Waals surface area contributed by atoms with Gasteiger partial charge in [-0.15, -0.1) is 0 Å². The number of carbonyl (C=O) groups is 1. The molecule has 0 fully saturated rings. The lowest BCUT2D eigenvalue weighted by Gasteiger charge is -2.13. The van der Waals surface area contributed by atoms with E-state index in [-0.39, 0.29) is 5.56 Å². The summed E-state index contributed by atoms with van der Waals surface area (Å²) in [7, 11) is 0. The average molecular weight is 446 g/mol. The van der Waals surface area contributed by atoms with Crippen LogP contribution in [0.3, 0.4) is 0 Å². The second kappa shape index (κ2) is 10.3. The molecule has 0 bridgehead atoms. The number of nitrogens with one attached hydrogen (secondary N) is 1. The number of para-hydroxylation sites is 2. The van der Waals surface area contributed by atoms with E-state index < -0.39 is 11.7 Å². The maximum absolute atomic E-state index is 13.8. The van der Waals surface area contributed by atoms with Crippen molar-refractivity contribution in [3.63, 3.8) is 0 Å². The van der Waals surface area contributed by atoms with Gasteiger partial charge in [-0.1, -0.05) is 36.4 Å². The highest BCUT2D eigenvalue weighted by molar-refractivity contribution is 5.94. The van der Waals surface area contributed by atoms with Gasteiger partial charge in [0.2, 0.25) is 0 Å². The summed E-state index contributed by atoms with van der Waals surface area (Å²) in [4.78, 5) is 17.0. The summed E-state index contributed by atoms with van der Waals surface area (Å²) in [5.41, 5.74) is 4.35. The van der Waals surface area contributed by atoms with Gasteiger partial charge in [-0.05, 0) is 61.7 Å². The Hall–Kier alpha value is -3.67. The molecule has 0 aliphatic heterocycles. The molecule has 0 saturated heterocycles. The molecule has 0 unspecified atom stereocenters. The molecule has 6 heteroatoms. The van der Waals surface area contributed by atoms with Gasteiger partial charge in [-0.25, -0.2) is 9.37 Å². The standard InChI is InChI=1S/C27H28FN3O2/c1-19-13-14-20(2)25(18-19)33-17-16-31-24-11-6-5-10-23(24)30-26(31)12-7-15-29-27(32)21-8-3-4-9-22(21)28/h3-6,8-11,13-14,18H,7,12,15-17H2,1-2H3,(H,29,32). The summed E-state index contributed by atoms with van der Waals surface area (Å²) in [6.45, 7) is 5.74. The zero-order chi connectivity index (χ0) is 23.2.